The second kappa shape index (κ2) is 5.02. The first-order valence-electron chi connectivity index (χ1n) is 5.27. The summed E-state index contributed by atoms with van der Waals surface area (Å²) in [6, 6.07) is 14.1. The van der Waals surface area contributed by atoms with E-state index in [1.165, 1.54) is 18.2 Å². The SMILES string of the molecule is N#Cc1c(Oc2[c]cccc2)cccc1C(F)(F)F. The zero-order valence-corrected chi connectivity index (χ0v) is 9.53. The lowest BCUT2D eigenvalue weighted by Crippen LogP contribution is -2.08. The number of hydrogen-bond donors (Lipinski definition) is 0. The van der Waals surface area contributed by atoms with E-state index in [0.717, 1.165) is 6.07 Å². The minimum absolute atomic E-state index is 0.139. The van der Waals surface area contributed by atoms with Gasteiger partial charge in [0.1, 0.15) is 23.1 Å². The van der Waals surface area contributed by atoms with Gasteiger partial charge in [0, 0.05) is 6.07 Å². The maximum absolute atomic E-state index is 12.7. The number of ether oxygens (including phenoxy) is 1. The molecule has 19 heavy (non-hydrogen) atoms. The fraction of sp³-hybridized carbons (Fsp3) is 0.0714. The zero-order chi connectivity index (χ0) is 13.9. The Hall–Kier alpha value is -2.48. The first kappa shape index (κ1) is 13.0. The number of nitrogens with zero attached hydrogens (tertiary/aromatic N) is 1. The molecule has 0 aliphatic heterocycles. The van der Waals surface area contributed by atoms with Gasteiger partial charge in [-0.3, -0.25) is 0 Å². The Labute approximate surface area is 107 Å². The van der Waals surface area contributed by atoms with Crippen LogP contribution in [0.3, 0.4) is 0 Å². The van der Waals surface area contributed by atoms with Gasteiger partial charge in [0.15, 0.2) is 0 Å². The third-order valence-electron chi connectivity index (χ3n) is 2.34. The van der Waals surface area contributed by atoms with Gasteiger partial charge < -0.3 is 4.74 Å². The highest BCUT2D eigenvalue weighted by atomic mass is 19.4. The Morgan fingerprint density at radius 2 is 1.89 bits per heavy atom. The monoisotopic (exact) mass is 262 g/mol. The molecule has 2 rings (SSSR count). The van der Waals surface area contributed by atoms with Crippen LogP contribution >= 0.6 is 0 Å². The molecule has 2 nitrogen and oxygen atoms in total. The lowest BCUT2D eigenvalue weighted by atomic mass is 10.1. The van der Waals surface area contributed by atoms with Crippen molar-refractivity contribution in [2.75, 3.05) is 0 Å². The maximum atomic E-state index is 12.7. The molecule has 2 aromatic carbocycles. The van der Waals surface area contributed by atoms with Crippen LogP contribution < -0.4 is 4.74 Å². The molecule has 0 aliphatic rings. The first-order valence-corrected chi connectivity index (χ1v) is 5.27. The molecular formula is C14H7F3NO. The van der Waals surface area contributed by atoms with Crippen LogP contribution in [0.1, 0.15) is 11.1 Å². The third kappa shape index (κ3) is 2.86. The molecule has 0 aromatic heterocycles. The van der Waals surface area contributed by atoms with E-state index in [-0.39, 0.29) is 11.5 Å². The Balaban J connectivity index is 2.45. The molecule has 95 valence electrons. The highest BCUT2D eigenvalue weighted by Crippen LogP contribution is 2.36. The fourth-order valence-corrected chi connectivity index (χ4v) is 1.53. The standard InChI is InChI=1S/C14H7F3NO/c15-14(16,17)12-7-4-8-13(11(12)9-18)19-10-5-2-1-3-6-10/h1-5,7-8H. The van der Waals surface area contributed by atoms with E-state index >= 15 is 0 Å². The quantitative estimate of drug-likeness (QED) is 0.813. The number of hydrogen-bond acceptors (Lipinski definition) is 2. The molecule has 5 heteroatoms. The molecule has 2 aromatic rings. The molecular weight excluding hydrogens is 255 g/mol. The van der Waals surface area contributed by atoms with Gasteiger partial charge in [-0.2, -0.15) is 18.4 Å². The van der Waals surface area contributed by atoms with Crippen molar-refractivity contribution in [2.24, 2.45) is 0 Å². The summed E-state index contributed by atoms with van der Waals surface area (Å²) in [6.07, 6.45) is -4.59. The molecule has 0 fully saturated rings. The summed E-state index contributed by atoms with van der Waals surface area (Å²) in [5.41, 5.74) is -1.55. The van der Waals surface area contributed by atoms with Crippen LogP contribution in [0.15, 0.2) is 42.5 Å². The average Bonchev–Trinajstić information content (AvgIpc) is 2.38. The van der Waals surface area contributed by atoms with E-state index in [1.54, 1.807) is 24.3 Å². The molecule has 0 aliphatic carbocycles. The highest BCUT2D eigenvalue weighted by molar-refractivity contribution is 5.51. The van der Waals surface area contributed by atoms with Gasteiger partial charge in [-0.1, -0.05) is 24.3 Å². The summed E-state index contributed by atoms with van der Waals surface area (Å²) in [5.74, 6) is 0.109. The van der Waals surface area contributed by atoms with Crippen molar-refractivity contribution in [3.8, 4) is 17.6 Å². The average molecular weight is 262 g/mol. The van der Waals surface area contributed by atoms with Crippen LogP contribution in [-0.2, 0) is 6.18 Å². The maximum Gasteiger partial charge on any atom is 0.417 e. The summed E-state index contributed by atoms with van der Waals surface area (Å²) in [6.45, 7) is 0. The van der Waals surface area contributed by atoms with Crippen LogP contribution in [0.4, 0.5) is 13.2 Å². The van der Waals surface area contributed by atoms with Gasteiger partial charge in [-0.05, 0) is 18.2 Å². The molecule has 0 bridgehead atoms. The molecule has 0 heterocycles. The molecule has 1 radical (unpaired) electrons. The molecule has 0 saturated carbocycles. The Morgan fingerprint density at radius 3 is 2.47 bits per heavy atom. The predicted molar refractivity (Wildman–Crippen MR) is 61.5 cm³/mol. The highest BCUT2D eigenvalue weighted by Gasteiger charge is 2.34. The number of nitriles is 1. The molecule has 0 amide bonds. The van der Waals surface area contributed by atoms with Crippen molar-refractivity contribution >= 4 is 0 Å². The smallest absolute Gasteiger partial charge is 0.417 e. The van der Waals surface area contributed by atoms with E-state index in [4.69, 9.17) is 10.00 Å². The first-order chi connectivity index (χ1) is 9.02. The minimum atomic E-state index is -4.59. The van der Waals surface area contributed by atoms with E-state index < -0.39 is 17.3 Å². The fourth-order valence-electron chi connectivity index (χ4n) is 1.53. The van der Waals surface area contributed by atoms with Crippen molar-refractivity contribution in [3.05, 3.63) is 59.7 Å². The second-order valence-corrected chi connectivity index (χ2v) is 3.62. The Morgan fingerprint density at radius 1 is 1.11 bits per heavy atom. The van der Waals surface area contributed by atoms with Crippen molar-refractivity contribution < 1.29 is 17.9 Å². The lowest BCUT2D eigenvalue weighted by molar-refractivity contribution is -0.137. The number of rotatable bonds is 2. The van der Waals surface area contributed by atoms with Crippen LogP contribution in [0.25, 0.3) is 0 Å². The van der Waals surface area contributed by atoms with Gasteiger partial charge in [0.25, 0.3) is 0 Å². The summed E-state index contributed by atoms with van der Waals surface area (Å²) < 4.78 is 43.5. The predicted octanol–water partition coefficient (Wildman–Crippen LogP) is 4.17. The largest absolute Gasteiger partial charge is 0.455 e. The normalized spacial score (nSPS) is 10.8. The van der Waals surface area contributed by atoms with Crippen LogP contribution in [0.5, 0.6) is 11.5 Å². The van der Waals surface area contributed by atoms with Gasteiger partial charge in [-0.15, -0.1) is 0 Å². The van der Waals surface area contributed by atoms with Gasteiger partial charge in [0.2, 0.25) is 0 Å². The summed E-state index contributed by atoms with van der Waals surface area (Å²) in [7, 11) is 0. The van der Waals surface area contributed by atoms with E-state index in [0.29, 0.717) is 0 Å². The van der Waals surface area contributed by atoms with Crippen LogP contribution in [-0.4, -0.2) is 0 Å². The Bertz CT molecular complexity index is 615. The van der Waals surface area contributed by atoms with Crippen LogP contribution in [0, 0.1) is 17.4 Å². The van der Waals surface area contributed by atoms with Gasteiger partial charge in [0.05, 0.1) is 5.56 Å². The molecule has 0 N–H and O–H groups in total. The van der Waals surface area contributed by atoms with Crippen molar-refractivity contribution in [2.45, 2.75) is 6.18 Å². The van der Waals surface area contributed by atoms with Crippen molar-refractivity contribution in [3.63, 3.8) is 0 Å². The second-order valence-electron chi connectivity index (χ2n) is 3.62. The number of halogens is 3. The van der Waals surface area contributed by atoms with E-state index in [9.17, 15) is 13.2 Å². The number of para-hydroxylation sites is 1. The minimum Gasteiger partial charge on any atom is -0.455 e. The van der Waals surface area contributed by atoms with Gasteiger partial charge >= 0.3 is 6.18 Å². The summed E-state index contributed by atoms with van der Waals surface area (Å²) in [5, 5.41) is 8.90. The summed E-state index contributed by atoms with van der Waals surface area (Å²) in [4.78, 5) is 0. The molecule has 0 atom stereocenters. The number of alkyl halides is 3. The van der Waals surface area contributed by atoms with Crippen molar-refractivity contribution in [1.82, 2.24) is 0 Å². The number of benzene rings is 2. The third-order valence-corrected chi connectivity index (χ3v) is 2.34. The Kier molecular flexibility index (Phi) is 3.43. The van der Waals surface area contributed by atoms with E-state index in [2.05, 4.69) is 6.07 Å². The summed E-state index contributed by atoms with van der Waals surface area (Å²) >= 11 is 0. The van der Waals surface area contributed by atoms with Gasteiger partial charge in [-0.25, -0.2) is 0 Å². The molecule has 0 saturated heterocycles. The molecule has 0 spiro atoms. The van der Waals surface area contributed by atoms with E-state index in [1.807, 2.05) is 0 Å². The zero-order valence-electron chi connectivity index (χ0n) is 9.53. The molecule has 0 unspecified atom stereocenters. The topological polar surface area (TPSA) is 33.0 Å². The van der Waals surface area contributed by atoms with Crippen LogP contribution in [0.2, 0.25) is 0 Å². The van der Waals surface area contributed by atoms with Crippen molar-refractivity contribution in [1.29, 1.82) is 5.26 Å². The lowest BCUT2D eigenvalue weighted by Gasteiger charge is -2.12.